The second kappa shape index (κ2) is 6.94. The molecule has 1 aliphatic heterocycles. The minimum Gasteiger partial charge on any atom is -0.348 e. The molecule has 7 heteroatoms. The van der Waals surface area contributed by atoms with E-state index < -0.39 is 0 Å². The number of nitrogens with zero attached hydrogens (tertiary/aromatic N) is 4. The van der Waals surface area contributed by atoms with Crippen LogP contribution in [0.5, 0.6) is 0 Å². The summed E-state index contributed by atoms with van der Waals surface area (Å²) >= 11 is 0. The number of aromatic nitrogens is 2. The Bertz CT molecular complexity index is 818. The highest BCUT2D eigenvalue weighted by atomic mass is 16.2. The largest absolute Gasteiger partial charge is 0.348 e. The standard InChI is InChI=1S/C22H30N6O/c1-21(26-14-19(29)28-7-2-4-17(28)13-23)9-15-8-18-16(11-21)12-22(18,10-15)27-20-24-5-3-6-25-20/h3,5-6,15-18,26H,2,4,7-12,14H2,1H3,(H,24,25,27). The third-order valence-electron chi connectivity index (χ3n) is 7.91. The fourth-order valence-electron chi connectivity index (χ4n) is 6.85. The maximum atomic E-state index is 12.7. The van der Waals surface area contributed by atoms with E-state index in [2.05, 4.69) is 33.6 Å². The van der Waals surface area contributed by atoms with Crippen LogP contribution in [0.25, 0.3) is 0 Å². The second-order valence-corrected chi connectivity index (χ2v) is 9.93. The van der Waals surface area contributed by atoms with Gasteiger partial charge in [0.05, 0.1) is 12.6 Å². The Kier molecular flexibility index (Phi) is 4.50. The Labute approximate surface area is 172 Å². The number of hydrogen-bond donors (Lipinski definition) is 2. The number of likely N-dealkylation sites (tertiary alicyclic amines) is 1. The quantitative estimate of drug-likeness (QED) is 0.796. The number of nitriles is 1. The Hall–Kier alpha value is -2.20. The van der Waals surface area contributed by atoms with E-state index in [4.69, 9.17) is 0 Å². The van der Waals surface area contributed by atoms with Crippen molar-refractivity contribution in [2.75, 3.05) is 18.4 Å². The third kappa shape index (κ3) is 3.28. The van der Waals surface area contributed by atoms with Gasteiger partial charge in [0.2, 0.25) is 11.9 Å². The van der Waals surface area contributed by atoms with Crippen LogP contribution < -0.4 is 10.6 Å². The minimum absolute atomic E-state index is 0.00255. The van der Waals surface area contributed by atoms with Gasteiger partial charge in [0.1, 0.15) is 6.04 Å². The van der Waals surface area contributed by atoms with Gasteiger partial charge >= 0.3 is 0 Å². The second-order valence-electron chi connectivity index (χ2n) is 9.93. The number of amides is 1. The molecule has 4 fully saturated rings. The predicted octanol–water partition coefficient (Wildman–Crippen LogP) is 2.33. The van der Waals surface area contributed by atoms with Crippen molar-refractivity contribution in [3.63, 3.8) is 0 Å². The number of rotatable bonds is 5. The molecule has 154 valence electrons. The molecule has 2 heterocycles. The summed E-state index contributed by atoms with van der Waals surface area (Å²) in [5.41, 5.74) is 0.167. The van der Waals surface area contributed by atoms with Crippen LogP contribution in [0.1, 0.15) is 51.9 Å². The zero-order valence-corrected chi connectivity index (χ0v) is 17.1. The van der Waals surface area contributed by atoms with E-state index >= 15 is 0 Å². The van der Waals surface area contributed by atoms with Crippen molar-refractivity contribution in [2.24, 2.45) is 17.8 Å². The van der Waals surface area contributed by atoms with Crippen LogP contribution in [0.15, 0.2) is 18.5 Å². The number of carbonyl (C=O) groups excluding carboxylic acids is 1. The Morgan fingerprint density at radius 2 is 2.14 bits per heavy atom. The molecule has 2 bridgehead atoms. The van der Waals surface area contributed by atoms with Gasteiger partial charge < -0.3 is 15.5 Å². The maximum Gasteiger partial charge on any atom is 0.237 e. The summed E-state index contributed by atoms with van der Waals surface area (Å²) in [4.78, 5) is 23.2. The van der Waals surface area contributed by atoms with E-state index in [1.807, 2.05) is 6.07 Å². The summed E-state index contributed by atoms with van der Waals surface area (Å²) in [5.74, 6) is 2.86. The van der Waals surface area contributed by atoms with Gasteiger partial charge in [0, 0.05) is 30.0 Å². The molecule has 6 unspecified atom stereocenters. The Balaban J connectivity index is 1.21. The molecule has 3 saturated carbocycles. The van der Waals surface area contributed by atoms with Crippen molar-refractivity contribution < 1.29 is 4.79 Å². The lowest BCUT2D eigenvalue weighted by Crippen LogP contribution is -2.60. The maximum absolute atomic E-state index is 12.7. The monoisotopic (exact) mass is 394 g/mol. The molecule has 5 rings (SSSR count). The van der Waals surface area contributed by atoms with Gasteiger partial charge in [-0.3, -0.25) is 4.79 Å². The van der Waals surface area contributed by atoms with E-state index in [0.717, 1.165) is 38.2 Å². The zero-order chi connectivity index (χ0) is 20.1. The van der Waals surface area contributed by atoms with Crippen LogP contribution in [0.2, 0.25) is 0 Å². The first-order chi connectivity index (χ1) is 14.0. The Morgan fingerprint density at radius 3 is 2.93 bits per heavy atom. The van der Waals surface area contributed by atoms with Crippen molar-refractivity contribution in [2.45, 2.75) is 69.0 Å². The molecular formula is C22H30N6O. The normalized spacial score (nSPS) is 40.1. The Morgan fingerprint density at radius 1 is 1.31 bits per heavy atom. The lowest BCUT2D eigenvalue weighted by molar-refractivity contribution is -0.130. The average Bonchev–Trinajstić information content (AvgIpc) is 3.25. The molecule has 1 aromatic heterocycles. The van der Waals surface area contributed by atoms with Crippen LogP contribution >= 0.6 is 0 Å². The molecule has 7 nitrogen and oxygen atoms in total. The van der Waals surface area contributed by atoms with E-state index in [0.29, 0.717) is 24.3 Å². The van der Waals surface area contributed by atoms with E-state index in [9.17, 15) is 10.1 Å². The zero-order valence-electron chi connectivity index (χ0n) is 17.1. The lowest BCUT2D eigenvalue weighted by atomic mass is 9.57. The van der Waals surface area contributed by atoms with Crippen LogP contribution in [0.4, 0.5) is 5.95 Å². The van der Waals surface area contributed by atoms with Crippen LogP contribution in [-0.2, 0) is 4.79 Å². The number of anilines is 1. The molecule has 3 aliphatic carbocycles. The summed E-state index contributed by atoms with van der Waals surface area (Å²) in [6.45, 7) is 3.36. The minimum atomic E-state index is -0.235. The number of hydrogen-bond acceptors (Lipinski definition) is 6. The van der Waals surface area contributed by atoms with Gasteiger partial charge in [-0.1, -0.05) is 0 Å². The van der Waals surface area contributed by atoms with Gasteiger partial charge in [0.25, 0.3) is 0 Å². The van der Waals surface area contributed by atoms with Crippen LogP contribution in [-0.4, -0.2) is 51.0 Å². The first-order valence-electron chi connectivity index (χ1n) is 11.0. The number of carbonyl (C=O) groups is 1. The van der Waals surface area contributed by atoms with Crippen molar-refractivity contribution in [3.05, 3.63) is 18.5 Å². The molecule has 6 atom stereocenters. The summed E-state index contributed by atoms with van der Waals surface area (Å²) in [6.07, 6.45) is 11.2. The third-order valence-corrected chi connectivity index (χ3v) is 7.91. The highest BCUT2D eigenvalue weighted by molar-refractivity contribution is 5.79. The predicted molar refractivity (Wildman–Crippen MR) is 109 cm³/mol. The van der Waals surface area contributed by atoms with Gasteiger partial charge in [-0.15, -0.1) is 0 Å². The molecule has 1 aromatic rings. The SMILES string of the molecule is CC1(NCC(=O)N2CCCC2C#N)CC2CC3C(C1)CC3(Nc1ncccn1)C2. The first-order valence-corrected chi connectivity index (χ1v) is 11.0. The van der Waals surface area contributed by atoms with Crippen molar-refractivity contribution in [1.82, 2.24) is 20.2 Å². The highest BCUT2D eigenvalue weighted by Gasteiger charge is 2.62. The molecule has 0 aromatic carbocycles. The van der Waals surface area contributed by atoms with Gasteiger partial charge in [-0.25, -0.2) is 9.97 Å². The average molecular weight is 395 g/mol. The smallest absolute Gasteiger partial charge is 0.237 e. The molecule has 4 aliphatic rings. The van der Waals surface area contributed by atoms with Gasteiger partial charge in [-0.2, -0.15) is 5.26 Å². The first kappa shape index (κ1) is 18.8. The number of nitrogens with one attached hydrogen (secondary N) is 2. The fourth-order valence-corrected chi connectivity index (χ4v) is 6.85. The molecule has 29 heavy (non-hydrogen) atoms. The molecule has 1 saturated heterocycles. The lowest BCUT2D eigenvalue weighted by Gasteiger charge is -2.55. The molecule has 2 N–H and O–H groups in total. The topological polar surface area (TPSA) is 93.9 Å². The molecule has 0 radical (unpaired) electrons. The van der Waals surface area contributed by atoms with Crippen molar-refractivity contribution in [3.8, 4) is 6.07 Å². The van der Waals surface area contributed by atoms with Crippen LogP contribution in [0, 0.1) is 29.1 Å². The summed E-state index contributed by atoms with van der Waals surface area (Å²) in [5, 5.41) is 16.5. The summed E-state index contributed by atoms with van der Waals surface area (Å²) in [7, 11) is 0. The summed E-state index contributed by atoms with van der Waals surface area (Å²) < 4.78 is 0. The van der Waals surface area contributed by atoms with Crippen LogP contribution in [0.3, 0.4) is 0 Å². The van der Waals surface area contributed by atoms with Crippen molar-refractivity contribution >= 4 is 11.9 Å². The molecule has 0 spiro atoms. The van der Waals surface area contributed by atoms with Gasteiger partial charge in [0.15, 0.2) is 0 Å². The van der Waals surface area contributed by atoms with Gasteiger partial charge in [-0.05, 0) is 75.7 Å². The van der Waals surface area contributed by atoms with E-state index in [-0.39, 0.29) is 23.0 Å². The molecular weight excluding hydrogens is 364 g/mol. The fraction of sp³-hybridized carbons (Fsp3) is 0.727. The van der Waals surface area contributed by atoms with Crippen molar-refractivity contribution in [1.29, 1.82) is 5.26 Å². The highest BCUT2D eigenvalue weighted by Crippen LogP contribution is 2.63. The van der Waals surface area contributed by atoms with E-state index in [1.54, 1.807) is 17.3 Å². The number of fused-ring (bicyclic) bond motifs is 1. The van der Waals surface area contributed by atoms with E-state index in [1.165, 1.54) is 19.3 Å². The molecule has 1 amide bonds. The summed E-state index contributed by atoms with van der Waals surface area (Å²) in [6, 6.07) is 3.89.